The van der Waals surface area contributed by atoms with Gasteiger partial charge in [-0.3, -0.25) is 0 Å². The van der Waals surface area contributed by atoms with Crippen LogP contribution in [-0.2, 0) is 0 Å². The van der Waals surface area contributed by atoms with Crippen LogP contribution in [0, 0.1) is 18.8 Å². The summed E-state index contributed by atoms with van der Waals surface area (Å²) in [7, 11) is 0. The van der Waals surface area contributed by atoms with E-state index in [1.165, 1.54) is 28.8 Å². The highest BCUT2D eigenvalue weighted by atomic mass is 79.9. The number of anilines is 1. The Morgan fingerprint density at radius 3 is 2.53 bits per heavy atom. The Hall–Kier alpha value is -0.500. The van der Waals surface area contributed by atoms with Crippen molar-refractivity contribution < 1.29 is 0 Å². The molecule has 82 valence electrons. The second-order valence-corrected chi connectivity index (χ2v) is 5.72. The highest BCUT2D eigenvalue weighted by Gasteiger charge is 2.29. The highest BCUT2D eigenvalue weighted by Crippen LogP contribution is 2.34. The molecule has 1 aliphatic rings. The maximum Gasteiger partial charge on any atom is 0.0511 e. The number of halogens is 1. The van der Waals surface area contributed by atoms with Gasteiger partial charge in [0.05, 0.1) is 5.69 Å². The van der Waals surface area contributed by atoms with E-state index in [1.807, 2.05) is 0 Å². The van der Waals surface area contributed by atoms with Crippen LogP contribution in [-0.4, -0.2) is 13.1 Å². The molecule has 0 spiro atoms. The Balaban J connectivity index is 2.07. The van der Waals surface area contributed by atoms with E-state index in [0.717, 1.165) is 11.8 Å². The van der Waals surface area contributed by atoms with Crippen LogP contribution in [0.1, 0.15) is 19.4 Å². The van der Waals surface area contributed by atoms with Crippen LogP contribution in [0.2, 0.25) is 0 Å². The largest absolute Gasteiger partial charge is 0.370 e. The first-order chi connectivity index (χ1) is 7.08. The molecular weight excluding hydrogens is 250 g/mol. The zero-order chi connectivity index (χ0) is 11.0. The molecule has 0 aromatic heterocycles. The van der Waals surface area contributed by atoms with Crippen LogP contribution in [0.25, 0.3) is 0 Å². The molecule has 0 atom stereocenters. The van der Waals surface area contributed by atoms with E-state index in [1.54, 1.807) is 0 Å². The molecule has 15 heavy (non-hydrogen) atoms. The van der Waals surface area contributed by atoms with Gasteiger partial charge in [0, 0.05) is 17.6 Å². The average molecular weight is 268 g/mol. The smallest absolute Gasteiger partial charge is 0.0511 e. The van der Waals surface area contributed by atoms with Gasteiger partial charge in [-0.05, 0) is 52.4 Å². The topological polar surface area (TPSA) is 3.24 Å². The molecule has 0 aliphatic carbocycles. The first kappa shape index (κ1) is 11.0. The normalized spacial score (nSPS) is 17.0. The van der Waals surface area contributed by atoms with E-state index in [2.05, 4.69) is 59.8 Å². The number of hydrogen-bond donors (Lipinski definition) is 0. The SMILES string of the molecule is Cc1ccc(N2CC(C(C)C)C2)c(Br)c1. The van der Waals surface area contributed by atoms with Gasteiger partial charge in [0.2, 0.25) is 0 Å². The summed E-state index contributed by atoms with van der Waals surface area (Å²) in [5.74, 6) is 1.68. The number of hydrogen-bond acceptors (Lipinski definition) is 1. The molecule has 1 heterocycles. The van der Waals surface area contributed by atoms with E-state index in [-0.39, 0.29) is 0 Å². The van der Waals surface area contributed by atoms with Crippen molar-refractivity contribution in [3.05, 3.63) is 28.2 Å². The first-order valence-electron chi connectivity index (χ1n) is 5.59. The molecule has 2 rings (SSSR count). The standard InChI is InChI=1S/C13H18BrN/c1-9(2)11-7-15(8-11)13-5-4-10(3)6-12(13)14/h4-6,9,11H,7-8H2,1-3H3. The lowest BCUT2D eigenvalue weighted by Crippen LogP contribution is -2.49. The van der Waals surface area contributed by atoms with E-state index in [4.69, 9.17) is 0 Å². The highest BCUT2D eigenvalue weighted by molar-refractivity contribution is 9.10. The minimum absolute atomic E-state index is 0.811. The zero-order valence-electron chi connectivity index (χ0n) is 9.63. The van der Waals surface area contributed by atoms with E-state index >= 15 is 0 Å². The summed E-state index contributed by atoms with van der Waals surface area (Å²) >= 11 is 3.64. The van der Waals surface area contributed by atoms with Gasteiger partial charge in [-0.15, -0.1) is 0 Å². The lowest BCUT2D eigenvalue weighted by Gasteiger charge is -2.43. The molecule has 0 unspecified atom stereocenters. The molecule has 1 fully saturated rings. The Bertz CT molecular complexity index is 354. The monoisotopic (exact) mass is 267 g/mol. The summed E-state index contributed by atoms with van der Waals surface area (Å²) in [6.07, 6.45) is 0. The molecule has 1 aromatic carbocycles. The second kappa shape index (κ2) is 4.17. The first-order valence-corrected chi connectivity index (χ1v) is 6.38. The molecule has 0 amide bonds. The van der Waals surface area contributed by atoms with Crippen molar-refractivity contribution >= 4 is 21.6 Å². The molecule has 2 heteroatoms. The number of aryl methyl sites for hydroxylation is 1. The molecule has 1 nitrogen and oxygen atoms in total. The van der Waals surface area contributed by atoms with Crippen molar-refractivity contribution in [1.82, 2.24) is 0 Å². The Kier molecular flexibility index (Phi) is 3.06. The van der Waals surface area contributed by atoms with Crippen LogP contribution in [0.5, 0.6) is 0 Å². The molecule has 1 aliphatic heterocycles. The van der Waals surface area contributed by atoms with E-state index in [9.17, 15) is 0 Å². The van der Waals surface area contributed by atoms with Crippen molar-refractivity contribution in [2.45, 2.75) is 20.8 Å². The average Bonchev–Trinajstić information content (AvgIpc) is 2.05. The maximum atomic E-state index is 3.64. The third-order valence-corrected chi connectivity index (χ3v) is 3.93. The van der Waals surface area contributed by atoms with Crippen LogP contribution in [0.4, 0.5) is 5.69 Å². The Morgan fingerprint density at radius 1 is 1.33 bits per heavy atom. The molecule has 0 saturated carbocycles. The minimum atomic E-state index is 0.811. The lowest BCUT2D eigenvalue weighted by atomic mass is 9.88. The van der Waals surface area contributed by atoms with Crippen molar-refractivity contribution in [1.29, 1.82) is 0 Å². The van der Waals surface area contributed by atoms with E-state index in [0.29, 0.717) is 0 Å². The van der Waals surface area contributed by atoms with Crippen LogP contribution < -0.4 is 4.90 Å². The van der Waals surface area contributed by atoms with Gasteiger partial charge in [0.1, 0.15) is 0 Å². The molecule has 1 saturated heterocycles. The summed E-state index contributed by atoms with van der Waals surface area (Å²) in [4.78, 5) is 2.45. The zero-order valence-corrected chi connectivity index (χ0v) is 11.2. The summed E-state index contributed by atoms with van der Waals surface area (Å²) in [6, 6.07) is 6.59. The lowest BCUT2D eigenvalue weighted by molar-refractivity contribution is 0.309. The van der Waals surface area contributed by atoms with Gasteiger partial charge in [0.15, 0.2) is 0 Å². The molecule has 0 N–H and O–H groups in total. The maximum absolute atomic E-state index is 3.64. The van der Waals surface area contributed by atoms with E-state index < -0.39 is 0 Å². The number of benzene rings is 1. The van der Waals surface area contributed by atoms with Gasteiger partial charge in [-0.2, -0.15) is 0 Å². The quantitative estimate of drug-likeness (QED) is 0.787. The second-order valence-electron chi connectivity index (χ2n) is 4.86. The van der Waals surface area contributed by atoms with Gasteiger partial charge >= 0.3 is 0 Å². The van der Waals surface area contributed by atoms with Gasteiger partial charge in [0.25, 0.3) is 0 Å². The predicted molar refractivity (Wildman–Crippen MR) is 69.4 cm³/mol. The third-order valence-electron chi connectivity index (χ3n) is 3.30. The number of rotatable bonds is 2. The minimum Gasteiger partial charge on any atom is -0.370 e. The molecule has 0 bridgehead atoms. The van der Waals surface area contributed by atoms with Crippen molar-refractivity contribution in [2.24, 2.45) is 11.8 Å². The van der Waals surface area contributed by atoms with Gasteiger partial charge < -0.3 is 4.90 Å². The third kappa shape index (κ3) is 2.20. The van der Waals surface area contributed by atoms with Crippen LogP contribution in [0.15, 0.2) is 22.7 Å². The predicted octanol–water partition coefficient (Wildman–Crippen LogP) is 3.85. The molecular formula is C13H18BrN. The fourth-order valence-electron chi connectivity index (χ4n) is 2.00. The summed E-state index contributed by atoms with van der Waals surface area (Å²) in [5.41, 5.74) is 2.66. The van der Waals surface area contributed by atoms with Gasteiger partial charge in [-0.1, -0.05) is 19.9 Å². The van der Waals surface area contributed by atoms with Crippen molar-refractivity contribution in [3.8, 4) is 0 Å². The summed E-state index contributed by atoms with van der Waals surface area (Å²) in [5, 5.41) is 0. The van der Waals surface area contributed by atoms with Crippen LogP contribution >= 0.6 is 15.9 Å². The van der Waals surface area contributed by atoms with Gasteiger partial charge in [-0.25, -0.2) is 0 Å². The van der Waals surface area contributed by atoms with Crippen LogP contribution in [0.3, 0.4) is 0 Å². The molecule has 1 aromatic rings. The Labute approximate surface area is 101 Å². The van der Waals surface area contributed by atoms with Crippen molar-refractivity contribution in [2.75, 3.05) is 18.0 Å². The number of nitrogens with zero attached hydrogens (tertiary/aromatic N) is 1. The Morgan fingerprint density at radius 2 is 2.00 bits per heavy atom. The summed E-state index contributed by atoms with van der Waals surface area (Å²) in [6.45, 7) is 9.17. The van der Waals surface area contributed by atoms with Crippen molar-refractivity contribution in [3.63, 3.8) is 0 Å². The summed E-state index contributed by atoms with van der Waals surface area (Å²) < 4.78 is 1.23. The fraction of sp³-hybridized carbons (Fsp3) is 0.538. The fourth-order valence-corrected chi connectivity index (χ4v) is 2.74. The molecule has 0 radical (unpaired) electrons.